The van der Waals surface area contributed by atoms with Crippen LogP contribution < -0.4 is 9.64 Å². The number of nitrogens with zero attached hydrogens (tertiary/aromatic N) is 3. The number of carbonyl (C=O) groups excluding carboxylic acids is 2. The number of benzene rings is 2. The third-order valence-corrected chi connectivity index (χ3v) is 11.6. The lowest BCUT2D eigenvalue weighted by atomic mass is 9.51. The summed E-state index contributed by atoms with van der Waals surface area (Å²) in [7, 11) is 1.75. The first-order valence-electron chi connectivity index (χ1n) is 17.2. The quantitative estimate of drug-likeness (QED) is 0.230. The van der Waals surface area contributed by atoms with Gasteiger partial charge in [-0.25, -0.2) is 0 Å². The summed E-state index contributed by atoms with van der Waals surface area (Å²) in [6.07, 6.45) is 15.3. The van der Waals surface area contributed by atoms with Gasteiger partial charge in [-0.05, 0) is 144 Å². The van der Waals surface area contributed by atoms with E-state index in [0.29, 0.717) is 18.4 Å². The van der Waals surface area contributed by atoms with E-state index in [9.17, 15) is 9.59 Å². The zero-order chi connectivity index (χ0) is 31.8. The minimum Gasteiger partial charge on any atom is -0.496 e. The molecule has 7 rings (SSSR count). The molecular formula is C39H51N3O3. The van der Waals surface area contributed by atoms with Gasteiger partial charge in [0.05, 0.1) is 13.3 Å². The van der Waals surface area contributed by atoms with E-state index in [1.54, 1.807) is 14.0 Å². The summed E-state index contributed by atoms with van der Waals surface area (Å²) in [4.78, 5) is 28.5. The number of rotatable bonds is 10. The Balaban J connectivity index is 1.25. The Morgan fingerprint density at radius 1 is 0.978 bits per heavy atom. The van der Waals surface area contributed by atoms with Crippen LogP contribution in [-0.4, -0.2) is 35.1 Å². The molecule has 6 nitrogen and oxygen atoms in total. The highest BCUT2D eigenvalue weighted by atomic mass is 16.5. The standard InChI is InChI=1S/C39H51N3O3/c1-27(2)42-25-33(24-40-42)32-7-6-8-35(23-32)41(37(44)31-11-9-30(10-12-31)22-29(4)43)26-38-15-18-39(19-16-38,20-17-38)34-13-14-36(45-5)28(3)21-34/h6-8,13-14,21,23-25,27,30-31H,9-12,15-20,22,26H2,1-5H3. The predicted octanol–water partition coefficient (Wildman–Crippen LogP) is 8.86. The van der Waals surface area contributed by atoms with E-state index in [0.717, 1.165) is 74.1 Å². The molecule has 1 amide bonds. The van der Waals surface area contributed by atoms with Crippen molar-refractivity contribution in [1.82, 2.24) is 9.78 Å². The Morgan fingerprint density at radius 3 is 2.29 bits per heavy atom. The molecule has 0 aliphatic heterocycles. The number of carbonyl (C=O) groups is 2. The van der Waals surface area contributed by atoms with Gasteiger partial charge in [0.1, 0.15) is 11.5 Å². The van der Waals surface area contributed by atoms with Crippen molar-refractivity contribution >= 4 is 17.4 Å². The van der Waals surface area contributed by atoms with Crippen LogP contribution in [0, 0.1) is 24.2 Å². The summed E-state index contributed by atoms with van der Waals surface area (Å²) < 4.78 is 7.54. The number of ketones is 1. The van der Waals surface area contributed by atoms with Crippen LogP contribution in [0.4, 0.5) is 5.69 Å². The zero-order valence-corrected chi connectivity index (χ0v) is 28.0. The van der Waals surface area contributed by atoms with Gasteiger partial charge in [0.25, 0.3) is 0 Å². The van der Waals surface area contributed by atoms with Gasteiger partial charge in [0.15, 0.2) is 0 Å². The molecule has 0 spiro atoms. The molecule has 0 atom stereocenters. The Kier molecular flexibility index (Phi) is 8.96. The summed E-state index contributed by atoms with van der Waals surface area (Å²) in [6, 6.07) is 15.6. The molecule has 4 aliphatic carbocycles. The van der Waals surface area contributed by atoms with Crippen LogP contribution in [0.15, 0.2) is 54.9 Å². The largest absolute Gasteiger partial charge is 0.496 e. The number of Topliss-reactive ketones (excluding diaryl/α,β-unsaturated/α-hetero) is 1. The van der Waals surface area contributed by atoms with Crippen molar-refractivity contribution in [3.05, 3.63) is 66.0 Å². The molecule has 240 valence electrons. The molecule has 45 heavy (non-hydrogen) atoms. The van der Waals surface area contributed by atoms with Crippen molar-refractivity contribution in [1.29, 1.82) is 0 Å². The normalized spacial score (nSPS) is 26.2. The second kappa shape index (κ2) is 12.8. The fraction of sp³-hybridized carbons (Fsp3) is 0.564. The molecular weight excluding hydrogens is 558 g/mol. The maximum atomic E-state index is 14.5. The van der Waals surface area contributed by atoms with Gasteiger partial charge < -0.3 is 14.4 Å². The zero-order valence-electron chi connectivity index (χ0n) is 28.0. The number of aromatic nitrogens is 2. The molecule has 0 N–H and O–H groups in total. The topological polar surface area (TPSA) is 64.4 Å². The van der Waals surface area contributed by atoms with E-state index in [1.807, 2.05) is 10.9 Å². The van der Waals surface area contributed by atoms with Gasteiger partial charge in [-0.2, -0.15) is 5.10 Å². The average Bonchev–Trinajstić information content (AvgIpc) is 3.56. The van der Waals surface area contributed by atoms with E-state index in [1.165, 1.54) is 30.4 Å². The number of amides is 1. The van der Waals surface area contributed by atoms with Gasteiger partial charge in [-0.15, -0.1) is 0 Å². The number of aryl methyl sites for hydroxylation is 1. The SMILES string of the molecule is COc1ccc(C23CCC(CN(C(=O)C4CCC(CC(C)=O)CC4)c4cccc(-c5cnn(C(C)C)c5)c4)(CC2)CC3)cc1C. The van der Waals surface area contributed by atoms with Crippen LogP contribution in [-0.2, 0) is 15.0 Å². The molecule has 0 unspecified atom stereocenters. The van der Waals surface area contributed by atoms with Crippen molar-refractivity contribution in [2.45, 2.75) is 110 Å². The Labute approximate surface area is 269 Å². The van der Waals surface area contributed by atoms with Crippen LogP contribution >= 0.6 is 0 Å². The summed E-state index contributed by atoms with van der Waals surface area (Å²) in [5.74, 6) is 1.93. The molecule has 4 aliphatic rings. The fourth-order valence-corrected chi connectivity index (χ4v) is 8.64. The Bertz CT molecular complexity index is 1510. The smallest absolute Gasteiger partial charge is 0.230 e. The van der Waals surface area contributed by atoms with E-state index in [-0.39, 0.29) is 28.4 Å². The minimum atomic E-state index is 0.0190. The molecule has 1 aromatic heterocycles. The van der Waals surface area contributed by atoms with Crippen molar-refractivity contribution in [3.8, 4) is 16.9 Å². The van der Waals surface area contributed by atoms with Crippen molar-refractivity contribution in [2.75, 3.05) is 18.6 Å². The molecule has 4 saturated carbocycles. The van der Waals surface area contributed by atoms with Crippen molar-refractivity contribution < 1.29 is 14.3 Å². The molecule has 6 heteroatoms. The third-order valence-electron chi connectivity index (χ3n) is 11.6. The molecule has 2 aromatic carbocycles. The Hall–Kier alpha value is -3.41. The van der Waals surface area contributed by atoms with Crippen LogP contribution in [0.3, 0.4) is 0 Å². The van der Waals surface area contributed by atoms with Gasteiger partial charge in [0.2, 0.25) is 5.91 Å². The number of fused-ring (bicyclic) bond motifs is 3. The number of ether oxygens (including phenoxy) is 1. The van der Waals surface area contributed by atoms with E-state index in [2.05, 4.69) is 79.4 Å². The third kappa shape index (κ3) is 6.48. The summed E-state index contributed by atoms with van der Waals surface area (Å²) in [6.45, 7) is 8.89. The number of methoxy groups -OCH3 is 1. The molecule has 2 bridgehead atoms. The maximum Gasteiger partial charge on any atom is 0.230 e. The second-order valence-corrected chi connectivity index (χ2v) is 14.9. The van der Waals surface area contributed by atoms with Crippen LogP contribution in [0.2, 0.25) is 0 Å². The molecule has 0 saturated heterocycles. The van der Waals surface area contributed by atoms with Gasteiger partial charge in [0, 0.05) is 42.4 Å². The Morgan fingerprint density at radius 2 is 1.69 bits per heavy atom. The van der Waals surface area contributed by atoms with E-state index >= 15 is 0 Å². The number of anilines is 1. The summed E-state index contributed by atoms with van der Waals surface area (Å²) in [5, 5.41) is 4.58. The highest BCUT2D eigenvalue weighted by Crippen LogP contribution is 2.58. The molecule has 1 heterocycles. The summed E-state index contributed by atoms with van der Waals surface area (Å²) >= 11 is 0. The van der Waals surface area contributed by atoms with Crippen molar-refractivity contribution in [3.63, 3.8) is 0 Å². The first-order valence-corrected chi connectivity index (χ1v) is 17.2. The first-order chi connectivity index (χ1) is 21.6. The number of hydrogen-bond acceptors (Lipinski definition) is 4. The fourth-order valence-electron chi connectivity index (χ4n) is 8.64. The molecule has 4 fully saturated rings. The monoisotopic (exact) mass is 609 g/mol. The molecule has 3 aromatic rings. The first kappa shape index (κ1) is 31.6. The van der Waals surface area contributed by atoms with Gasteiger partial charge in [-0.3, -0.25) is 9.48 Å². The maximum absolute atomic E-state index is 14.5. The number of hydrogen-bond donors (Lipinski definition) is 0. The lowest BCUT2D eigenvalue weighted by Crippen LogP contribution is -2.51. The van der Waals surface area contributed by atoms with Crippen LogP contribution in [0.5, 0.6) is 5.75 Å². The van der Waals surface area contributed by atoms with Gasteiger partial charge >= 0.3 is 0 Å². The predicted molar refractivity (Wildman–Crippen MR) is 181 cm³/mol. The summed E-state index contributed by atoms with van der Waals surface area (Å²) in [5.41, 5.74) is 6.22. The lowest BCUT2D eigenvalue weighted by molar-refractivity contribution is -0.124. The highest BCUT2D eigenvalue weighted by Gasteiger charge is 2.50. The van der Waals surface area contributed by atoms with Crippen LogP contribution in [0.1, 0.15) is 109 Å². The lowest BCUT2D eigenvalue weighted by Gasteiger charge is -2.55. The minimum absolute atomic E-state index is 0.0190. The van der Waals surface area contributed by atoms with E-state index in [4.69, 9.17) is 4.74 Å². The van der Waals surface area contributed by atoms with Crippen molar-refractivity contribution in [2.24, 2.45) is 17.3 Å². The highest BCUT2D eigenvalue weighted by molar-refractivity contribution is 5.96. The second-order valence-electron chi connectivity index (χ2n) is 14.9. The van der Waals surface area contributed by atoms with Gasteiger partial charge in [-0.1, -0.05) is 24.3 Å². The van der Waals surface area contributed by atoms with Crippen LogP contribution in [0.25, 0.3) is 11.1 Å². The molecule has 0 radical (unpaired) electrons. The average molecular weight is 610 g/mol. The van der Waals surface area contributed by atoms with E-state index < -0.39 is 0 Å².